The van der Waals surface area contributed by atoms with Gasteiger partial charge in [0.1, 0.15) is 28.7 Å². The number of aryl methyl sites for hydroxylation is 1. The molecule has 2 aromatic carbocycles. The van der Waals surface area contributed by atoms with Gasteiger partial charge in [0.15, 0.2) is 0 Å². The van der Waals surface area contributed by atoms with Crippen LogP contribution in [0.15, 0.2) is 24.3 Å². The van der Waals surface area contributed by atoms with Crippen molar-refractivity contribution < 1.29 is 18.3 Å². The molecular weight excluding hydrogens is 390 g/mol. The van der Waals surface area contributed by atoms with Crippen molar-refractivity contribution >= 4 is 28.3 Å². The van der Waals surface area contributed by atoms with Crippen molar-refractivity contribution in [3.63, 3.8) is 0 Å². The van der Waals surface area contributed by atoms with Gasteiger partial charge in [-0.15, -0.1) is 0 Å². The number of ether oxygens (including phenoxy) is 1. The zero-order valence-corrected chi connectivity index (χ0v) is 16.6. The maximum atomic E-state index is 14.6. The summed E-state index contributed by atoms with van der Waals surface area (Å²) in [5.41, 5.74) is 3.31. The average molecular weight is 412 g/mol. The van der Waals surface area contributed by atoms with E-state index in [-0.39, 0.29) is 11.7 Å². The predicted molar refractivity (Wildman–Crippen MR) is 110 cm³/mol. The molecule has 0 spiro atoms. The maximum Gasteiger partial charge on any atom is 0.226 e. The van der Waals surface area contributed by atoms with E-state index in [0.717, 1.165) is 41.5 Å². The average Bonchev–Trinajstić information content (AvgIpc) is 3.08. The van der Waals surface area contributed by atoms with E-state index in [1.165, 1.54) is 6.07 Å². The molecule has 2 N–H and O–H groups in total. The van der Waals surface area contributed by atoms with Gasteiger partial charge in [-0.2, -0.15) is 0 Å². The SMILES string of the molecule is Cc1nc2c(NC3CCOc4cc(F)cc(F)c43)cc(N3CCCCC3=O)cc2[nH]1. The van der Waals surface area contributed by atoms with Gasteiger partial charge in [-0.3, -0.25) is 4.79 Å². The number of nitrogens with one attached hydrogen (secondary N) is 2. The lowest BCUT2D eigenvalue weighted by Crippen LogP contribution is -2.35. The van der Waals surface area contributed by atoms with Gasteiger partial charge in [-0.25, -0.2) is 13.8 Å². The summed E-state index contributed by atoms with van der Waals surface area (Å²) < 4.78 is 33.7. The first kappa shape index (κ1) is 18.8. The summed E-state index contributed by atoms with van der Waals surface area (Å²) in [7, 11) is 0. The predicted octanol–water partition coefficient (Wildman–Crippen LogP) is 4.60. The Labute approximate surface area is 172 Å². The fourth-order valence-corrected chi connectivity index (χ4v) is 4.35. The Bertz CT molecular complexity index is 1140. The van der Waals surface area contributed by atoms with Crippen LogP contribution in [0.25, 0.3) is 11.0 Å². The van der Waals surface area contributed by atoms with Crippen molar-refractivity contribution in [2.75, 3.05) is 23.4 Å². The first-order chi connectivity index (χ1) is 14.5. The number of halogens is 2. The lowest BCUT2D eigenvalue weighted by Gasteiger charge is -2.30. The Hall–Kier alpha value is -3.16. The zero-order chi connectivity index (χ0) is 20.8. The topological polar surface area (TPSA) is 70.2 Å². The Morgan fingerprint density at radius 2 is 2.10 bits per heavy atom. The highest BCUT2D eigenvalue weighted by molar-refractivity contribution is 5.99. The molecule has 1 fully saturated rings. The zero-order valence-electron chi connectivity index (χ0n) is 16.6. The number of H-pyrrole nitrogens is 1. The molecule has 3 aromatic rings. The number of aromatic amines is 1. The minimum absolute atomic E-state index is 0.0979. The minimum Gasteiger partial charge on any atom is -0.493 e. The highest BCUT2D eigenvalue weighted by Gasteiger charge is 2.28. The van der Waals surface area contributed by atoms with Crippen LogP contribution in [0.5, 0.6) is 5.75 Å². The number of nitrogens with zero attached hydrogens (tertiary/aromatic N) is 2. The molecule has 1 amide bonds. The van der Waals surface area contributed by atoms with E-state index in [0.29, 0.717) is 37.2 Å². The Kier molecular flexibility index (Phi) is 4.56. The van der Waals surface area contributed by atoms with Gasteiger partial charge in [0.25, 0.3) is 0 Å². The number of aromatic nitrogens is 2. The van der Waals surface area contributed by atoms with Crippen LogP contribution in [0.4, 0.5) is 20.2 Å². The van der Waals surface area contributed by atoms with Crippen LogP contribution in [0, 0.1) is 18.6 Å². The molecule has 3 heterocycles. The molecule has 5 rings (SSSR count). The molecule has 1 aromatic heterocycles. The molecule has 0 radical (unpaired) electrons. The number of carbonyl (C=O) groups excluding carboxylic acids is 1. The number of amides is 1. The van der Waals surface area contributed by atoms with E-state index in [4.69, 9.17) is 4.74 Å². The van der Waals surface area contributed by atoms with Crippen LogP contribution in [0.1, 0.15) is 43.1 Å². The maximum absolute atomic E-state index is 14.6. The van der Waals surface area contributed by atoms with Crippen molar-refractivity contribution in [2.24, 2.45) is 0 Å². The molecule has 2 aliphatic heterocycles. The van der Waals surface area contributed by atoms with Crippen molar-refractivity contribution in [2.45, 2.75) is 38.6 Å². The van der Waals surface area contributed by atoms with Gasteiger partial charge in [-0.1, -0.05) is 0 Å². The summed E-state index contributed by atoms with van der Waals surface area (Å²) in [6.07, 6.45) is 2.92. The van der Waals surface area contributed by atoms with Gasteiger partial charge >= 0.3 is 0 Å². The van der Waals surface area contributed by atoms with Gasteiger partial charge < -0.3 is 19.9 Å². The summed E-state index contributed by atoms with van der Waals surface area (Å²) in [5, 5.41) is 3.39. The first-order valence-electron chi connectivity index (χ1n) is 10.2. The molecule has 1 atom stereocenters. The second-order valence-electron chi connectivity index (χ2n) is 7.85. The normalized spacial score (nSPS) is 19.0. The third kappa shape index (κ3) is 3.26. The van der Waals surface area contributed by atoms with Crippen molar-refractivity contribution in [3.05, 3.63) is 47.3 Å². The van der Waals surface area contributed by atoms with Crippen LogP contribution >= 0.6 is 0 Å². The summed E-state index contributed by atoms with van der Waals surface area (Å²) in [6, 6.07) is 5.50. The van der Waals surface area contributed by atoms with Gasteiger partial charge in [0.2, 0.25) is 5.91 Å². The quantitative estimate of drug-likeness (QED) is 0.660. The number of fused-ring (bicyclic) bond motifs is 2. The van der Waals surface area contributed by atoms with Gasteiger partial charge in [-0.05, 0) is 31.9 Å². The van der Waals surface area contributed by atoms with Gasteiger partial charge in [0.05, 0.1) is 29.4 Å². The van der Waals surface area contributed by atoms with E-state index in [1.807, 2.05) is 19.1 Å². The van der Waals surface area contributed by atoms with Crippen molar-refractivity contribution in [1.82, 2.24) is 9.97 Å². The fraction of sp³-hybridized carbons (Fsp3) is 0.364. The highest BCUT2D eigenvalue weighted by atomic mass is 19.1. The lowest BCUT2D eigenvalue weighted by molar-refractivity contribution is -0.119. The van der Waals surface area contributed by atoms with E-state index in [2.05, 4.69) is 15.3 Å². The molecule has 0 bridgehead atoms. The van der Waals surface area contributed by atoms with E-state index in [9.17, 15) is 13.6 Å². The second-order valence-corrected chi connectivity index (χ2v) is 7.85. The third-order valence-corrected chi connectivity index (χ3v) is 5.72. The van der Waals surface area contributed by atoms with E-state index < -0.39 is 17.7 Å². The number of rotatable bonds is 3. The number of carbonyl (C=O) groups is 1. The molecular formula is C22H22F2N4O2. The smallest absolute Gasteiger partial charge is 0.226 e. The Morgan fingerprint density at radius 1 is 1.23 bits per heavy atom. The molecule has 156 valence electrons. The minimum atomic E-state index is -0.664. The van der Waals surface area contributed by atoms with Crippen LogP contribution in [0.2, 0.25) is 0 Å². The fourth-order valence-electron chi connectivity index (χ4n) is 4.35. The molecule has 6 nitrogen and oxygen atoms in total. The summed E-state index contributed by atoms with van der Waals surface area (Å²) in [6.45, 7) is 2.88. The standard InChI is InChI=1S/C22H22F2N4O2/c1-12-25-17-10-14(28-6-3-2-4-20(28)29)11-18(22(17)26-12)27-16-5-7-30-19-9-13(23)8-15(24)21(16)19/h8-11,16,27H,2-7H2,1H3,(H,25,26). The second kappa shape index (κ2) is 7.27. The molecule has 1 unspecified atom stereocenters. The first-order valence-corrected chi connectivity index (χ1v) is 10.2. The highest BCUT2D eigenvalue weighted by Crippen LogP contribution is 2.39. The third-order valence-electron chi connectivity index (χ3n) is 5.72. The number of hydrogen-bond donors (Lipinski definition) is 2. The number of hydrogen-bond acceptors (Lipinski definition) is 4. The van der Waals surface area contributed by atoms with E-state index >= 15 is 0 Å². The number of anilines is 2. The summed E-state index contributed by atoms with van der Waals surface area (Å²) in [4.78, 5) is 22.0. The molecule has 30 heavy (non-hydrogen) atoms. The summed E-state index contributed by atoms with van der Waals surface area (Å²) >= 11 is 0. The van der Waals surface area contributed by atoms with Crippen LogP contribution in [-0.2, 0) is 4.79 Å². The van der Waals surface area contributed by atoms with Crippen LogP contribution in [-0.4, -0.2) is 29.0 Å². The lowest BCUT2D eigenvalue weighted by atomic mass is 9.99. The monoisotopic (exact) mass is 412 g/mol. The number of imidazole rings is 1. The van der Waals surface area contributed by atoms with Crippen molar-refractivity contribution in [1.29, 1.82) is 0 Å². The molecule has 1 saturated heterocycles. The molecule has 0 saturated carbocycles. The Morgan fingerprint density at radius 3 is 2.93 bits per heavy atom. The van der Waals surface area contributed by atoms with Crippen LogP contribution < -0.4 is 15.0 Å². The van der Waals surface area contributed by atoms with Crippen molar-refractivity contribution in [3.8, 4) is 5.75 Å². The molecule has 8 heteroatoms. The Balaban J connectivity index is 1.57. The largest absolute Gasteiger partial charge is 0.493 e. The van der Waals surface area contributed by atoms with E-state index in [1.54, 1.807) is 4.90 Å². The molecule has 0 aliphatic carbocycles. The summed E-state index contributed by atoms with van der Waals surface area (Å²) in [5.74, 6) is -0.244. The van der Waals surface area contributed by atoms with Crippen LogP contribution in [0.3, 0.4) is 0 Å². The number of benzene rings is 2. The van der Waals surface area contributed by atoms with Gasteiger partial charge in [0, 0.05) is 37.2 Å². The number of piperidine rings is 1. The molecule has 2 aliphatic rings.